The number of anilines is 1. The van der Waals surface area contributed by atoms with Crippen LogP contribution in [-0.4, -0.2) is 41.5 Å². The number of carbonyl (C=O) groups is 3. The molecule has 1 aromatic carbocycles. The fraction of sp³-hybridized carbons (Fsp3) is 0.471. The molecule has 128 valence electrons. The van der Waals surface area contributed by atoms with Crippen LogP contribution in [-0.2, 0) is 20.9 Å². The van der Waals surface area contributed by atoms with Gasteiger partial charge in [-0.05, 0) is 30.5 Å². The summed E-state index contributed by atoms with van der Waals surface area (Å²) in [5.74, 6) is 0.527. The van der Waals surface area contributed by atoms with Crippen molar-refractivity contribution in [3.8, 4) is 0 Å². The molecule has 0 atom stereocenters. The molecule has 2 heterocycles. The maximum Gasteiger partial charge on any atom is 0.234 e. The fourth-order valence-electron chi connectivity index (χ4n) is 3.03. The average molecular weight is 347 g/mol. The van der Waals surface area contributed by atoms with Gasteiger partial charge < -0.3 is 15.5 Å². The van der Waals surface area contributed by atoms with Crippen LogP contribution in [0.5, 0.6) is 0 Å². The Bertz CT molecular complexity index is 669. The van der Waals surface area contributed by atoms with Gasteiger partial charge in [-0.25, -0.2) is 0 Å². The lowest BCUT2D eigenvalue weighted by molar-refractivity contribution is -0.134. The minimum Gasteiger partial charge on any atom is -0.352 e. The van der Waals surface area contributed by atoms with Crippen molar-refractivity contribution in [3.63, 3.8) is 0 Å². The zero-order valence-electron chi connectivity index (χ0n) is 13.6. The SMILES string of the molecule is CC(=O)N1CCC(C(=O)NCc2ccc3c(c2)NC(=O)CS3)CC1. The molecule has 0 unspecified atom stereocenters. The van der Waals surface area contributed by atoms with Gasteiger partial charge in [-0.3, -0.25) is 14.4 Å². The summed E-state index contributed by atoms with van der Waals surface area (Å²) in [6.07, 6.45) is 1.42. The zero-order valence-corrected chi connectivity index (χ0v) is 14.4. The summed E-state index contributed by atoms with van der Waals surface area (Å²) < 4.78 is 0. The van der Waals surface area contributed by atoms with Crippen LogP contribution < -0.4 is 10.6 Å². The minimum atomic E-state index is -0.0338. The first-order valence-electron chi connectivity index (χ1n) is 8.12. The van der Waals surface area contributed by atoms with Crippen molar-refractivity contribution in [3.05, 3.63) is 23.8 Å². The van der Waals surface area contributed by atoms with Gasteiger partial charge in [0.2, 0.25) is 17.7 Å². The lowest BCUT2D eigenvalue weighted by atomic mass is 9.96. The van der Waals surface area contributed by atoms with Gasteiger partial charge in [0, 0.05) is 37.4 Å². The van der Waals surface area contributed by atoms with Gasteiger partial charge >= 0.3 is 0 Å². The smallest absolute Gasteiger partial charge is 0.234 e. The molecule has 2 aliphatic rings. The molecule has 6 nitrogen and oxygen atoms in total. The van der Waals surface area contributed by atoms with E-state index < -0.39 is 0 Å². The number of fused-ring (bicyclic) bond motifs is 1. The molecular formula is C17H21N3O3S. The summed E-state index contributed by atoms with van der Waals surface area (Å²) >= 11 is 1.52. The molecule has 2 aliphatic heterocycles. The number of amides is 3. The van der Waals surface area contributed by atoms with E-state index in [1.54, 1.807) is 11.8 Å². The van der Waals surface area contributed by atoms with Gasteiger partial charge in [0.05, 0.1) is 11.4 Å². The Balaban J connectivity index is 1.53. The number of carbonyl (C=O) groups excluding carboxylic acids is 3. The highest BCUT2D eigenvalue weighted by Crippen LogP contribution is 2.32. The average Bonchev–Trinajstić information content (AvgIpc) is 2.59. The van der Waals surface area contributed by atoms with Crippen molar-refractivity contribution < 1.29 is 14.4 Å². The molecule has 0 bridgehead atoms. The highest BCUT2D eigenvalue weighted by Gasteiger charge is 2.25. The predicted octanol–water partition coefficient (Wildman–Crippen LogP) is 1.61. The van der Waals surface area contributed by atoms with Gasteiger partial charge in [-0.1, -0.05) is 6.07 Å². The monoisotopic (exact) mass is 347 g/mol. The zero-order chi connectivity index (χ0) is 17.1. The Labute approximate surface area is 145 Å². The summed E-state index contributed by atoms with van der Waals surface area (Å²) in [7, 11) is 0. The number of piperidine rings is 1. The van der Waals surface area contributed by atoms with Crippen LogP contribution in [0, 0.1) is 5.92 Å². The number of rotatable bonds is 3. The van der Waals surface area contributed by atoms with E-state index in [1.807, 2.05) is 18.2 Å². The molecule has 1 aromatic rings. The van der Waals surface area contributed by atoms with Crippen molar-refractivity contribution in [2.24, 2.45) is 5.92 Å². The summed E-state index contributed by atoms with van der Waals surface area (Å²) in [5.41, 5.74) is 1.78. The largest absolute Gasteiger partial charge is 0.352 e. The van der Waals surface area contributed by atoms with Crippen molar-refractivity contribution in [1.82, 2.24) is 10.2 Å². The minimum absolute atomic E-state index is 0.00548. The molecule has 0 aliphatic carbocycles. The van der Waals surface area contributed by atoms with E-state index in [9.17, 15) is 14.4 Å². The van der Waals surface area contributed by atoms with E-state index in [-0.39, 0.29) is 23.6 Å². The number of nitrogens with one attached hydrogen (secondary N) is 2. The van der Waals surface area contributed by atoms with Crippen LogP contribution in [0.25, 0.3) is 0 Å². The highest BCUT2D eigenvalue weighted by molar-refractivity contribution is 8.00. The molecule has 3 amide bonds. The second kappa shape index (κ2) is 7.25. The van der Waals surface area contributed by atoms with Gasteiger partial charge in [0.15, 0.2) is 0 Å². The molecule has 0 radical (unpaired) electrons. The molecule has 1 fully saturated rings. The molecular weight excluding hydrogens is 326 g/mol. The van der Waals surface area contributed by atoms with Crippen LogP contribution in [0.2, 0.25) is 0 Å². The third-order valence-electron chi connectivity index (χ3n) is 4.45. The number of nitrogens with zero attached hydrogens (tertiary/aromatic N) is 1. The van der Waals surface area contributed by atoms with E-state index in [4.69, 9.17) is 0 Å². The van der Waals surface area contributed by atoms with Crippen LogP contribution >= 0.6 is 11.8 Å². The third-order valence-corrected chi connectivity index (χ3v) is 5.53. The molecule has 1 saturated heterocycles. The Kier molecular flexibility index (Phi) is 5.08. The van der Waals surface area contributed by atoms with E-state index >= 15 is 0 Å². The van der Waals surface area contributed by atoms with Crippen LogP contribution in [0.1, 0.15) is 25.3 Å². The molecule has 0 saturated carbocycles. The first kappa shape index (κ1) is 16.8. The van der Waals surface area contributed by atoms with Gasteiger partial charge in [-0.2, -0.15) is 0 Å². The van der Waals surface area contributed by atoms with E-state index in [0.717, 1.165) is 16.1 Å². The lowest BCUT2D eigenvalue weighted by Gasteiger charge is -2.30. The Hall–Kier alpha value is -2.02. The van der Waals surface area contributed by atoms with Crippen molar-refractivity contribution in [1.29, 1.82) is 0 Å². The summed E-state index contributed by atoms with van der Waals surface area (Å²) in [6.45, 7) is 3.30. The Morgan fingerprint density at radius 2 is 2.08 bits per heavy atom. The molecule has 3 rings (SSSR count). The van der Waals surface area contributed by atoms with Crippen LogP contribution in [0.3, 0.4) is 0 Å². The summed E-state index contributed by atoms with van der Waals surface area (Å²) in [4.78, 5) is 37.9. The number of hydrogen-bond donors (Lipinski definition) is 2. The molecule has 2 N–H and O–H groups in total. The number of thioether (sulfide) groups is 1. The second-order valence-corrected chi connectivity index (χ2v) is 7.18. The first-order chi connectivity index (χ1) is 11.5. The highest BCUT2D eigenvalue weighted by atomic mass is 32.2. The van der Waals surface area contributed by atoms with E-state index in [2.05, 4.69) is 10.6 Å². The maximum atomic E-state index is 12.3. The van der Waals surface area contributed by atoms with E-state index in [0.29, 0.717) is 38.2 Å². The fourth-order valence-corrected chi connectivity index (χ4v) is 3.82. The van der Waals surface area contributed by atoms with Crippen molar-refractivity contribution >= 4 is 35.2 Å². The third kappa shape index (κ3) is 3.90. The molecule has 0 spiro atoms. The van der Waals surface area contributed by atoms with Crippen molar-refractivity contribution in [2.45, 2.75) is 31.2 Å². The Morgan fingerprint density at radius 3 is 2.79 bits per heavy atom. The number of likely N-dealkylation sites (tertiary alicyclic amines) is 1. The number of benzene rings is 1. The summed E-state index contributed by atoms with van der Waals surface area (Å²) in [5, 5.41) is 5.83. The lowest BCUT2D eigenvalue weighted by Crippen LogP contribution is -2.42. The maximum absolute atomic E-state index is 12.3. The number of hydrogen-bond acceptors (Lipinski definition) is 4. The molecule has 7 heteroatoms. The molecule has 0 aromatic heterocycles. The van der Waals surface area contributed by atoms with Crippen molar-refractivity contribution in [2.75, 3.05) is 24.2 Å². The standard InChI is InChI=1S/C17H21N3O3S/c1-11(21)20-6-4-13(5-7-20)17(23)18-9-12-2-3-15-14(8-12)19-16(22)10-24-15/h2-3,8,13H,4-7,9-10H2,1H3,(H,18,23)(H,19,22). The van der Waals surface area contributed by atoms with Crippen LogP contribution in [0.4, 0.5) is 5.69 Å². The second-order valence-electron chi connectivity index (χ2n) is 6.17. The van der Waals surface area contributed by atoms with Gasteiger partial charge in [0.1, 0.15) is 0 Å². The van der Waals surface area contributed by atoms with Gasteiger partial charge in [0.25, 0.3) is 0 Å². The topological polar surface area (TPSA) is 78.5 Å². The molecule has 24 heavy (non-hydrogen) atoms. The summed E-state index contributed by atoms with van der Waals surface area (Å²) in [6, 6.07) is 5.87. The van der Waals surface area contributed by atoms with E-state index in [1.165, 1.54) is 11.8 Å². The quantitative estimate of drug-likeness (QED) is 0.871. The van der Waals surface area contributed by atoms with Gasteiger partial charge in [-0.15, -0.1) is 11.8 Å². The Morgan fingerprint density at radius 1 is 1.33 bits per heavy atom. The van der Waals surface area contributed by atoms with Crippen LogP contribution in [0.15, 0.2) is 23.1 Å². The predicted molar refractivity (Wildman–Crippen MR) is 92.6 cm³/mol. The normalized spacial score (nSPS) is 17.9. The first-order valence-corrected chi connectivity index (χ1v) is 9.10.